The number of rotatable bonds is 5. The van der Waals surface area contributed by atoms with Crippen molar-refractivity contribution < 1.29 is 9.53 Å². The highest BCUT2D eigenvalue weighted by Crippen LogP contribution is 2.19. The molecule has 4 heteroatoms. The molecular formula is C12H20N2O2. The van der Waals surface area contributed by atoms with Crippen molar-refractivity contribution in [1.29, 1.82) is 0 Å². The number of aromatic nitrogens is 1. The second-order valence-corrected chi connectivity index (χ2v) is 3.84. The lowest BCUT2D eigenvalue weighted by Gasteiger charge is -2.02. The molecule has 0 unspecified atom stereocenters. The average molecular weight is 224 g/mol. The van der Waals surface area contributed by atoms with E-state index in [0.717, 1.165) is 29.8 Å². The van der Waals surface area contributed by atoms with Crippen LogP contribution in [0, 0.1) is 13.8 Å². The molecule has 0 aliphatic rings. The Hall–Kier alpha value is -1.29. The molecule has 3 N–H and O–H groups in total. The molecule has 0 radical (unpaired) electrons. The van der Waals surface area contributed by atoms with Crippen LogP contribution in [0.5, 0.6) is 0 Å². The van der Waals surface area contributed by atoms with Gasteiger partial charge < -0.3 is 15.5 Å². The molecule has 0 saturated heterocycles. The summed E-state index contributed by atoms with van der Waals surface area (Å²) in [4.78, 5) is 14.9. The fourth-order valence-corrected chi connectivity index (χ4v) is 1.85. The lowest BCUT2D eigenvalue weighted by Crippen LogP contribution is -2.07. The molecule has 0 aromatic carbocycles. The third-order valence-electron chi connectivity index (χ3n) is 2.65. The quantitative estimate of drug-likeness (QED) is 0.748. The van der Waals surface area contributed by atoms with Crippen molar-refractivity contribution in [1.82, 2.24) is 4.98 Å². The Balaban J connectivity index is 2.92. The van der Waals surface area contributed by atoms with Gasteiger partial charge in [-0.05, 0) is 45.7 Å². The molecule has 0 fully saturated rings. The van der Waals surface area contributed by atoms with Crippen LogP contribution >= 0.6 is 0 Å². The maximum atomic E-state index is 11.7. The van der Waals surface area contributed by atoms with Gasteiger partial charge in [-0.25, -0.2) is 4.79 Å². The van der Waals surface area contributed by atoms with Gasteiger partial charge in [0.2, 0.25) is 0 Å². The van der Waals surface area contributed by atoms with Gasteiger partial charge in [-0.1, -0.05) is 0 Å². The van der Waals surface area contributed by atoms with E-state index in [1.165, 1.54) is 0 Å². The van der Waals surface area contributed by atoms with Gasteiger partial charge in [0.25, 0.3) is 0 Å². The van der Waals surface area contributed by atoms with Crippen molar-refractivity contribution in [2.45, 2.75) is 33.6 Å². The Kier molecular flexibility index (Phi) is 4.55. The Labute approximate surface area is 96.2 Å². The van der Waals surface area contributed by atoms with E-state index in [0.29, 0.717) is 18.7 Å². The van der Waals surface area contributed by atoms with Crippen molar-refractivity contribution in [2.75, 3.05) is 13.2 Å². The largest absolute Gasteiger partial charge is 0.462 e. The van der Waals surface area contributed by atoms with Gasteiger partial charge >= 0.3 is 5.97 Å². The maximum Gasteiger partial charge on any atom is 0.340 e. The van der Waals surface area contributed by atoms with E-state index in [-0.39, 0.29) is 5.97 Å². The predicted molar refractivity (Wildman–Crippen MR) is 63.6 cm³/mol. The summed E-state index contributed by atoms with van der Waals surface area (Å²) in [6.07, 6.45) is 1.80. The lowest BCUT2D eigenvalue weighted by molar-refractivity contribution is 0.0525. The number of nitrogens with one attached hydrogen (secondary N) is 1. The Bertz CT molecular complexity index is 369. The van der Waals surface area contributed by atoms with Crippen LogP contribution in [0.1, 0.15) is 40.7 Å². The Morgan fingerprint density at radius 2 is 2.12 bits per heavy atom. The predicted octanol–water partition coefficient (Wildman–Crippen LogP) is 1.70. The van der Waals surface area contributed by atoms with E-state index < -0.39 is 0 Å². The highest BCUT2D eigenvalue weighted by atomic mass is 16.5. The second-order valence-electron chi connectivity index (χ2n) is 3.84. The van der Waals surface area contributed by atoms with Crippen molar-refractivity contribution in [3.63, 3.8) is 0 Å². The van der Waals surface area contributed by atoms with Gasteiger partial charge in [0.05, 0.1) is 12.2 Å². The Morgan fingerprint density at radius 3 is 2.69 bits per heavy atom. The number of hydrogen-bond acceptors (Lipinski definition) is 3. The molecule has 16 heavy (non-hydrogen) atoms. The fourth-order valence-electron chi connectivity index (χ4n) is 1.85. The molecule has 1 rings (SSSR count). The number of nitrogens with two attached hydrogens (primary N) is 1. The summed E-state index contributed by atoms with van der Waals surface area (Å²) in [5.41, 5.74) is 9.10. The first-order chi connectivity index (χ1) is 7.61. The molecule has 0 amide bonds. The number of H-pyrrole nitrogens is 1. The molecule has 0 aliphatic heterocycles. The molecule has 1 heterocycles. The lowest BCUT2D eigenvalue weighted by atomic mass is 10.1. The number of ether oxygens (including phenoxy) is 1. The Morgan fingerprint density at radius 1 is 1.44 bits per heavy atom. The van der Waals surface area contributed by atoms with Gasteiger partial charge in [0, 0.05) is 11.4 Å². The van der Waals surface area contributed by atoms with Crippen LogP contribution in [0.4, 0.5) is 0 Å². The first kappa shape index (κ1) is 12.8. The van der Waals surface area contributed by atoms with Crippen LogP contribution in [0.25, 0.3) is 0 Å². The molecule has 90 valence electrons. The average Bonchev–Trinajstić information content (AvgIpc) is 2.51. The summed E-state index contributed by atoms with van der Waals surface area (Å²) in [6.45, 7) is 6.71. The molecule has 0 atom stereocenters. The van der Waals surface area contributed by atoms with Gasteiger partial charge in [-0.15, -0.1) is 0 Å². The summed E-state index contributed by atoms with van der Waals surface area (Å²) in [6, 6.07) is 0. The molecule has 1 aromatic heterocycles. The first-order valence-corrected chi connectivity index (χ1v) is 5.67. The monoisotopic (exact) mass is 224 g/mol. The van der Waals surface area contributed by atoms with Crippen LogP contribution in [0.2, 0.25) is 0 Å². The zero-order valence-electron chi connectivity index (χ0n) is 10.2. The maximum absolute atomic E-state index is 11.7. The molecule has 0 spiro atoms. The van der Waals surface area contributed by atoms with E-state index in [4.69, 9.17) is 10.5 Å². The summed E-state index contributed by atoms with van der Waals surface area (Å²) >= 11 is 0. The minimum Gasteiger partial charge on any atom is -0.462 e. The van der Waals surface area contributed by atoms with Crippen LogP contribution in [0.15, 0.2) is 0 Å². The minimum atomic E-state index is -0.243. The number of esters is 1. The van der Waals surface area contributed by atoms with E-state index in [1.54, 1.807) is 0 Å². The molecule has 1 aromatic rings. The second kappa shape index (κ2) is 5.70. The van der Waals surface area contributed by atoms with Crippen LogP contribution in [-0.2, 0) is 11.2 Å². The third-order valence-corrected chi connectivity index (χ3v) is 2.65. The number of hydrogen-bond donors (Lipinski definition) is 2. The molecule has 4 nitrogen and oxygen atoms in total. The fraction of sp³-hybridized carbons (Fsp3) is 0.583. The van der Waals surface area contributed by atoms with Crippen molar-refractivity contribution >= 4 is 5.97 Å². The highest BCUT2D eigenvalue weighted by Gasteiger charge is 2.18. The van der Waals surface area contributed by atoms with Crippen molar-refractivity contribution in [2.24, 2.45) is 5.73 Å². The van der Waals surface area contributed by atoms with Gasteiger partial charge in [-0.3, -0.25) is 0 Å². The summed E-state index contributed by atoms with van der Waals surface area (Å²) in [5.74, 6) is -0.243. The normalized spacial score (nSPS) is 10.5. The van der Waals surface area contributed by atoms with Crippen LogP contribution in [-0.4, -0.2) is 24.1 Å². The highest BCUT2D eigenvalue weighted by molar-refractivity contribution is 5.92. The number of carbonyl (C=O) groups excluding carboxylic acids is 1. The van der Waals surface area contributed by atoms with E-state index in [2.05, 4.69) is 4.98 Å². The standard InChI is InChI=1S/C12H20N2O2/c1-4-16-12(15)11-8(2)10(6-5-7-13)14-9(11)3/h14H,4-7,13H2,1-3H3. The van der Waals surface area contributed by atoms with Crippen LogP contribution in [0.3, 0.4) is 0 Å². The van der Waals surface area contributed by atoms with Crippen LogP contribution < -0.4 is 5.73 Å². The van der Waals surface area contributed by atoms with Gasteiger partial charge in [0.15, 0.2) is 0 Å². The minimum absolute atomic E-state index is 0.243. The number of aromatic amines is 1. The number of carbonyl (C=O) groups is 1. The van der Waals surface area contributed by atoms with E-state index in [1.807, 2.05) is 20.8 Å². The first-order valence-electron chi connectivity index (χ1n) is 5.67. The summed E-state index contributed by atoms with van der Waals surface area (Å²) < 4.78 is 5.02. The molecular weight excluding hydrogens is 204 g/mol. The van der Waals surface area contributed by atoms with Gasteiger partial charge in [-0.2, -0.15) is 0 Å². The van der Waals surface area contributed by atoms with E-state index >= 15 is 0 Å². The van der Waals surface area contributed by atoms with Crippen molar-refractivity contribution in [3.8, 4) is 0 Å². The third kappa shape index (κ3) is 2.64. The molecule has 0 saturated carbocycles. The van der Waals surface area contributed by atoms with Crippen molar-refractivity contribution in [3.05, 3.63) is 22.5 Å². The number of aryl methyl sites for hydroxylation is 2. The van der Waals surface area contributed by atoms with E-state index in [9.17, 15) is 4.79 Å². The summed E-state index contributed by atoms with van der Waals surface area (Å²) in [5, 5.41) is 0. The molecule has 0 aliphatic carbocycles. The summed E-state index contributed by atoms with van der Waals surface area (Å²) in [7, 11) is 0. The SMILES string of the molecule is CCOC(=O)c1c(C)[nH]c(CCCN)c1C. The zero-order valence-corrected chi connectivity index (χ0v) is 10.2. The zero-order chi connectivity index (χ0) is 12.1. The topological polar surface area (TPSA) is 68.1 Å². The van der Waals surface area contributed by atoms with Gasteiger partial charge in [0.1, 0.15) is 0 Å². The smallest absolute Gasteiger partial charge is 0.340 e. The molecule has 0 bridgehead atoms.